The molecule has 0 saturated carbocycles. The Kier molecular flexibility index (Phi) is 7.26. The first kappa shape index (κ1) is 33.1. The summed E-state index contributed by atoms with van der Waals surface area (Å²) in [5.41, 5.74) is 15.5. The summed E-state index contributed by atoms with van der Waals surface area (Å²) < 4.78 is 11.2. The monoisotopic (exact) mass is 751 g/mol. The van der Waals surface area contributed by atoms with E-state index in [0.29, 0.717) is 5.56 Å². The van der Waals surface area contributed by atoms with Crippen molar-refractivity contribution in [3.8, 4) is 50.8 Å². The van der Waals surface area contributed by atoms with E-state index in [1.54, 1.807) is 0 Å². The van der Waals surface area contributed by atoms with Crippen molar-refractivity contribution in [3.05, 3.63) is 206 Å². The molecule has 59 heavy (non-hydrogen) atoms. The van der Waals surface area contributed by atoms with Gasteiger partial charge in [-0.15, -0.1) is 0 Å². The normalized spacial score (nSPS) is 11.7. The minimum Gasteiger partial charge on any atom is -0.455 e. The van der Waals surface area contributed by atoms with Crippen LogP contribution in [0.3, 0.4) is 0 Å². The SMILES string of the molecule is N#Cc1cc(-c2ccc3c(c2)c2ccccc2n3-c2ccccc2)cc(-c2ccc3c(c2)c2cc(-c4cccc5c4oc4ccccc45)ccc2n3-c2ccccc2)c1. The van der Waals surface area contributed by atoms with Gasteiger partial charge in [0.25, 0.3) is 0 Å². The summed E-state index contributed by atoms with van der Waals surface area (Å²) in [6, 6.07) is 73.1. The number of nitriles is 1. The Morgan fingerprint density at radius 3 is 1.47 bits per heavy atom. The molecule has 0 aliphatic carbocycles. The van der Waals surface area contributed by atoms with Crippen molar-refractivity contribution in [1.82, 2.24) is 9.13 Å². The maximum atomic E-state index is 10.4. The third kappa shape index (κ3) is 5.16. The molecule has 0 bridgehead atoms. The van der Waals surface area contributed by atoms with Gasteiger partial charge in [0.1, 0.15) is 11.2 Å². The second kappa shape index (κ2) is 13.0. The van der Waals surface area contributed by atoms with Crippen LogP contribution in [0.4, 0.5) is 0 Å². The molecule has 274 valence electrons. The number of fused-ring (bicyclic) bond motifs is 9. The van der Waals surface area contributed by atoms with Gasteiger partial charge in [-0.3, -0.25) is 0 Å². The highest BCUT2D eigenvalue weighted by Gasteiger charge is 2.18. The molecule has 0 atom stereocenters. The van der Waals surface area contributed by atoms with Gasteiger partial charge in [-0.2, -0.15) is 5.26 Å². The van der Waals surface area contributed by atoms with Gasteiger partial charge in [0.15, 0.2) is 0 Å². The van der Waals surface area contributed by atoms with Crippen molar-refractivity contribution in [2.24, 2.45) is 0 Å². The average Bonchev–Trinajstić information content (AvgIpc) is 3.96. The summed E-state index contributed by atoms with van der Waals surface area (Å²) in [4.78, 5) is 0. The topological polar surface area (TPSA) is 46.8 Å². The van der Waals surface area contributed by atoms with Gasteiger partial charge < -0.3 is 13.6 Å². The third-order valence-electron chi connectivity index (χ3n) is 11.9. The molecule has 0 saturated heterocycles. The van der Waals surface area contributed by atoms with Gasteiger partial charge in [0.2, 0.25) is 0 Å². The van der Waals surface area contributed by atoms with E-state index in [0.717, 1.165) is 99.5 Å². The summed E-state index contributed by atoms with van der Waals surface area (Å²) in [5, 5.41) is 17.2. The number of benzene rings is 9. The van der Waals surface area contributed by atoms with E-state index in [1.807, 2.05) is 24.3 Å². The number of para-hydroxylation sites is 5. The maximum Gasteiger partial charge on any atom is 0.143 e. The summed E-state index contributed by atoms with van der Waals surface area (Å²) in [6.07, 6.45) is 0. The second-order valence-electron chi connectivity index (χ2n) is 15.2. The average molecular weight is 752 g/mol. The Labute approximate surface area is 339 Å². The highest BCUT2D eigenvalue weighted by Crippen LogP contribution is 2.41. The van der Waals surface area contributed by atoms with Crippen LogP contribution in [0, 0.1) is 11.3 Å². The maximum absolute atomic E-state index is 10.4. The molecule has 12 aromatic rings. The van der Waals surface area contributed by atoms with Crippen LogP contribution in [0.1, 0.15) is 5.56 Å². The Morgan fingerprint density at radius 2 is 0.847 bits per heavy atom. The van der Waals surface area contributed by atoms with Crippen LogP contribution in [-0.2, 0) is 0 Å². The van der Waals surface area contributed by atoms with Crippen molar-refractivity contribution in [1.29, 1.82) is 5.26 Å². The van der Waals surface area contributed by atoms with E-state index in [2.05, 4.69) is 191 Å². The highest BCUT2D eigenvalue weighted by molar-refractivity contribution is 6.14. The minimum absolute atomic E-state index is 0.623. The zero-order valence-electron chi connectivity index (χ0n) is 31.8. The molecule has 4 heteroatoms. The van der Waals surface area contributed by atoms with Crippen LogP contribution >= 0.6 is 0 Å². The number of hydrogen-bond donors (Lipinski definition) is 0. The molecule has 0 fully saturated rings. The van der Waals surface area contributed by atoms with E-state index in [4.69, 9.17) is 4.42 Å². The minimum atomic E-state index is 0.623. The lowest BCUT2D eigenvalue weighted by atomic mass is 9.94. The lowest BCUT2D eigenvalue weighted by molar-refractivity contribution is 0.670. The van der Waals surface area contributed by atoms with Gasteiger partial charge >= 0.3 is 0 Å². The fraction of sp³-hybridized carbons (Fsp3) is 0. The molecular weight excluding hydrogens is 719 g/mol. The zero-order valence-corrected chi connectivity index (χ0v) is 31.8. The number of furan rings is 1. The standard InChI is InChI=1S/C55H33N3O/c56-34-35-28-39(36-22-25-51-47(31-36)44-16-7-9-20-50(44)57(51)41-12-3-1-4-13-41)30-40(29-35)37-23-26-52-48(32-37)49-33-38(24-27-53(49)58(52)42-14-5-2-6-15-42)43-18-11-19-46-45-17-8-10-21-54(45)59-55(43)46/h1-33H. The van der Waals surface area contributed by atoms with Gasteiger partial charge in [-0.05, 0) is 119 Å². The summed E-state index contributed by atoms with van der Waals surface area (Å²) in [6.45, 7) is 0. The Hall–Kier alpha value is -8.13. The van der Waals surface area contributed by atoms with E-state index >= 15 is 0 Å². The zero-order chi connectivity index (χ0) is 39.0. The van der Waals surface area contributed by atoms with Gasteiger partial charge in [0.05, 0.1) is 33.7 Å². The molecule has 0 unspecified atom stereocenters. The number of nitrogens with zero attached hydrogens (tertiary/aromatic N) is 3. The van der Waals surface area contributed by atoms with E-state index in [-0.39, 0.29) is 0 Å². The first-order chi connectivity index (χ1) is 29.2. The van der Waals surface area contributed by atoms with Gasteiger partial charge in [-0.1, -0.05) is 109 Å². The quantitative estimate of drug-likeness (QED) is 0.176. The van der Waals surface area contributed by atoms with Crippen LogP contribution < -0.4 is 0 Å². The summed E-state index contributed by atoms with van der Waals surface area (Å²) in [5.74, 6) is 0. The molecule has 0 amide bonds. The molecule has 0 aliphatic rings. The molecule has 12 rings (SSSR count). The predicted molar refractivity (Wildman–Crippen MR) is 243 cm³/mol. The number of hydrogen-bond acceptors (Lipinski definition) is 2. The molecule has 0 aliphatic heterocycles. The molecule has 3 heterocycles. The molecule has 4 nitrogen and oxygen atoms in total. The molecule has 3 aromatic heterocycles. The number of aromatic nitrogens is 2. The molecule has 0 radical (unpaired) electrons. The largest absolute Gasteiger partial charge is 0.455 e. The third-order valence-corrected chi connectivity index (χ3v) is 11.9. The predicted octanol–water partition coefficient (Wildman–Crippen LogP) is 14.7. The van der Waals surface area contributed by atoms with Crippen LogP contribution in [-0.4, -0.2) is 9.13 Å². The van der Waals surface area contributed by atoms with Gasteiger partial charge in [-0.25, -0.2) is 0 Å². The van der Waals surface area contributed by atoms with E-state index in [1.165, 1.54) is 10.8 Å². The molecular formula is C55H33N3O. The van der Waals surface area contributed by atoms with Crippen LogP contribution in [0.15, 0.2) is 205 Å². The van der Waals surface area contributed by atoms with Crippen molar-refractivity contribution in [2.45, 2.75) is 0 Å². The fourth-order valence-electron chi connectivity index (χ4n) is 9.23. The molecule has 0 spiro atoms. The smallest absolute Gasteiger partial charge is 0.143 e. The summed E-state index contributed by atoms with van der Waals surface area (Å²) >= 11 is 0. The van der Waals surface area contributed by atoms with E-state index in [9.17, 15) is 5.26 Å². The van der Waals surface area contributed by atoms with Crippen molar-refractivity contribution in [2.75, 3.05) is 0 Å². The molecule has 0 N–H and O–H groups in total. The highest BCUT2D eigenvalue weighted by atomic mass is 16.3. The van der Waals surface area contributed by atoms with Crippen LogP contribution in [0.5, 0.6) is 0 Å². The van der Waals surface area contributed by atoms with Crippen LogP contribution in [0.25, 0.3) is 110 Å². The lowest BCUT2D eigenvalue weighted by Crippen LogP contribution is -1.93. The van der Waals surface area contributed by atoms with Crippen molar-refractivity contribution >= 4 is 65.6 Å². The lowest BCUT2D eigenvalue weighted by Gasteiger charge is -2.11. The van der Waals surface area contributed by atoms with Crippen LogP contribution in [0.2, 0.25) is 0 Å². The first-order valence-corrected chi connectivity index (χ1v) is 19.9. The van der Waals surface area contributed by atoms with Crippen molar-refractivity contribution < 1.29 is 4.42 Å². The molecule has 9 aromatic carbocycles. The Morgan fingerprint density at radius 1 is 0.356 bits per heavy atom. The summed E-state index contributed by atoms with van der Waals surface area (Å²) in [7, 11) is 0. The van der Waals surface area contributed by atoms with E-state index < -0.39 is 0 Å². The first-order valence-electron chi connectivity index (χ1n) is 19.9. The fourth-order valence-corrected chi connectivity index (χ4v) is 9.23. The van der Waals surface area contributed by atoms with Crippen molar-refractivity contribution in [3.63, 3.8) is 0 Å². The van der Waals surface area contributed by atoms with Gasteiger partial charge in [0, 0.05) is 49.3 Å². The second-order valence-corrected chi connectivity index (χ2v) is 15.2. The number of rotatable bonds is 5. The Bertz CT molecular complexity index is 3670. The Balaban J connectivity index is 1.04.